The molecule has 2 N–H and O–H groups in total. The maximum atomic E-state index is 13.8. The van der Waals surface area contributed by atoms with Crippen molar-refractivity contribution in [2.75, 3.05) is 5.32 Å². The zero-order valence-corrected chi connectivity index (χ0v) is 14.7. The molecule has 1 amide bonds. The molecule has 0 heterocycles. The van der Waals surface area contributed by atoms with Gasteiger partial charge < -0.3 is 15.2 Å². The predicted octanol–water partition coefficient (Wildman–Crippen LogP) is 4.21. The van der Waals surface area contributed by atoms with Crippen LogP contribution in [0, 0.1) is 11.7 Å². The van der Waals surface area contributed by atoms with Gasteiger partial charge >= 0.3 is 5.97 Å². The summed E-state index contributed by atoms with van der Waals surface area (Å²) < 4.78 is 19.9. The lowest BCUT2D eigenvalue weighted by Gasteiger charge is -2.12. The summed E-state index contributed by atoms with van der Waals surface area (Å²) in [5, 5.41) is 12.0. The number of halogens is 2. The molecule has 1 aliphatic carbocycles. The molecule has 1 saturated carbocycles. The lowest BCUT2D eigenvalue weighted by Crippen LogP contribution is -2.16. The average Bonchev–Trinajstić information content (AvgIpc) is 3.40. The molecule has 0 bridgehead atoms. The molecule has 0 spiro atoms. The molecule has 25 heavy (non-hydrogen) atoms. The maximum absolute atomic E-state index is 13.8. The van der Waals surface area contributed by atoms with Crippen molar-refractivity contribution in [3.05, 3.63) is 57.8 Å². The van der Waals surface area contributed by atoms with Gasteiger partial charge in [0.1, 0.15) is 18.2 Å². The van der Waals surface area contributed by atoms with Crippen molar-refractivity contribution in [1.29, 1.82) is 0 Å². The highest BCUT2D eigenvalue weighted by Gasteiger charge is 2.30. The monoisotopic (exact) mass is 407 g/mol. The van der Waals surface area contributed by atoms with Gasteiger partial charge in [-0.25, -0.2) is 9.18 Å². The Hall–Kier alpha value is -2.41. The van der Waals surface area contributed by atoms with E-state index in [2.05, 4.69) is 21.2 Å². The van der Waals surface area contributed by atoms with Crippen molar-refractivity contribution < 1.29 is 23.8 Å². The van der Waals surface area contributed by atoms with Crippen molar-refractivity contribution in [2.45, 2.75) is 19.4 Å². The number of carboxylic acids is 1. The van der Waals surface area contributed by atoms with Gasteiger partial charge in [-0.1, -0.05) is 22.0 Å². The summed E-state index contributed by atoms with van der Waals surface area (Å²) >= 11 is 3.18. The van der Waals surface area contributed by atoms with E-state index in [1.807, 2.05) is 0 Å². The van der Waals surface area contributed by atoms with E-state index < -0.39 is 11.8 Å². The minimum Gasteiger partial charge on any atom is -0.489 e. The molecule has 3 rings (SSSR count). The molecule has 0 aliphatic heterocycles. The summed E-state index contributed by atoms with van der Waals surface area (Å²) in [5.74, 6) is -1.51. The number of aromatic carboxylic acids is 1. The number of carbonyl (C=O) groups excluding carboxylic acids is 1. The molecule has 5 nitrogen and oxygen atoms in total. The van der Waals surface area contributed by atoms with Gasteiger partial charge in [-0.05, 0) is 43.2 Å². The Kier molecular flexibility index (Phi) is 5.03. The van der Waals surface area contributed by atoms with Crippen LogP contribution >= 0.6 is 15.9 Å². The molecule has 1 fully saturated rings. The van der Waals surface area contributed by atoms with Crippen molar-refractivity contribution >= 4 is 33.5 Å². The van der Waals surface area contributed by atoms with Crippen LogP contribution in [0.2, 0.25) is 0 Å². The molecule has 0 atom stereocenters. The SMILES string of the molecule is O=C(O)c1cc(OCc2ccc(Br)cc2F)ccc1NC(=O)C1CC1. The zero-order valence-electron chi connectivity index (χ0n) is 13.1. The topological polar surface area (TPSA) is 75.6 Å². The van der Waals surface area contributed by atoms with Crippen LogP contribution in [0.5, 0.6) is 5.75 Å². The van der Waals surface area contributed by atoms with Gasteiger partial charge in [-0.2, -0.15) is 0 Å². The van der Waals surface area contributed by atoms with Crippen LogP contribution in [-0.4, -0.2) is 17.0 Å². The highest BCUT2D eigenvalue weighted by atomic mass is 79.9. The third-order valence-corrected chi connectivity index (χ3v) is 4.33. The van der Waals surface area contributed by atoms with Gasteiger partial charge in [-0.3, -0.25) is 4.79 Å². The van der Waals surface area contributed by atoms with Crippen molar-refractivity contribution in [3.63, 3.8) is 0 Å². The number of carbonyl (C=O) groups is 2. The molecule has 7 heteroatoms. The number of hydrogen-bond acceptors (Lipinski definition) is 3. The van der Waals surface area contributed by atoms with Gasteiger partial charge in [0.05, 0.1) is 11.3 Å². The van der Waals surface area contributed by atoms with Crippen LogP contribution < -0.4 is 10.1 Å². The summed E-state index contributed by atoms with van der Waals surface area (Å²) in [4.78, 5) is 23.3. The first kappa shape index (κ1) is 17.4. The lowest BCUT2D eigenvalue weighted by molar-refractivity contribution is -0.117. The second-order valence-corrected chi connectivity index (χ2v) is 6.72. The molecule has 2 aromatic carbocycles. The van der Waals surface area contributed by atoms with E-state index in [9.17, 15) is 19.1 Å². The van der Waals surface area contributed by atoms with E-state index in [0.717, 1.165) is 12.8 Å². The summed E-state index contributed by atoms with van der Waals surface area (Å²) in [6, 6.07) is 8.96. The number of rotatable bonds is 6. The Morgan fingerprint density at radius 1 is 1.24 bits per heavy atom. The molecule has 1 aliphatic rings. The fourth-order valence-corrected chi connectivity index (χ4v) is 2.61. The summed E-state index contributed by atoms with van der Waals surface area (Å²) in [5.41, 5.74) is 0.514. The molecular formula is C18H15BrFNO4. The number of nitrogens with one attached hydrogen (secondary N) is 1. The first-order chi connectivity index (χ1) is 11.9. The van der Waals surface area contributed by atoms with E-state index in [4.69, 9.17) is 4.74 Å². The Bertz CT molecular complexity index is 836. The van der Waals surface area contributed by atoms with E-state index in [1.165, 1.54) is 18.2 Å². The average molecular weight is 408 g/mol. The van der Waals surface area contributed by atoms with Crippen molar-refractivity contribution in [2.24, 2.45) is 5.92 Å². The van der Waals surface area contributed by atoms with Crippen LogP contribution in [0.1, 0.15) is 28.8 Å². The van der Waals surface area contributed by atoms with Crippen LogP contribution in [0.3, 0.4) is 0 Å². The van der Waals surface area contributed by atoms with Crippen molar-refractivity contribution in [3.8, 4) is 5.75 Å². The highest BCUT2D eigenvalue weighted by molar-refractivity contribution is 9.10. The molecule has 0 unspecified atom stereocenters. The molecular weight excluding hydrogens is 393 g/mol. The number of ether oxygens (including phenoxy) is 1. The normalized spacial score (nSPS) is 13.4. The predicted molar refractivity (Wildman–Crippen MR) is 93.2 cm³/mol. The third kappa shape index (κ3) is 4.36. The number of amides is 1. The molecule has 0 radical (unpaired) electrons. The van der Waals surface area contributed by atoms with E-state index in [-0.39, 0.29) is 35.4 Å². The Labute approximate surface area is 151 Å². The van der Waals surface area contributed by atoms with Crippen LogP contribution in [-0.2, 0) is 11.4 Å². The Morgan fingerprint density at radius 2 is 2.00 bits per heavy atom. The quantitative estimate of drug-likeness (QED) is 0.751. The number of carboxylic acid groups (broad SMARTS) is 1. The molecule has 130 valence electrons. The summed E-state index contributed by atoms with van der Waals surface area (Å²) in [6.45, 7) is -0.0358. The fraction of sp³-hybridized carbons (Fsp3) is 0.222. The Balaban J connectivity index is 1.74. The summed E-state index contributed by atoms with van der Waals surface area (Å²) in [7, 11) is 0. The lowest BCUT2D eigenvalue weighted by atomic mass is 10.1. The minimum atomic E-state index is -1.17. The third-order valence-electron chi connectivity index (χ3n) is 3.84. The minimum absolute atomic E-state index is 0.0297. The van der Waals surface area contributed by atoms with Crippen LogP contribution in [0.4, 0.5) is 10.1 Å². The molecule has 0 aromatic heterocycles. The fourth-order valence-electron chi connectivity index (χ4n) is 2.28. The smallest absolute Gasteiger partial charge is 0.337 e. The summed E-state index contributed by atoms with van der Waals surface area (Å²) in [6.07, 6.45) is 1.66. The number of hydrogen-bond donors (Lipinski definition) is 2. The maximum Gasteiger partial charge on any atom is 0.337 e. The van der Waals surface area contributed by atoms with Gasteiger partial charge in [0, 0.05) is 16.0 Å². The first-order valence-electron chi connectivity index (χ1n) is 7.69. The second-order valence-electron chi connectivity index (χ2n) is 5.80. The Morgan fingerprint density at radius 3 is 2.64 bits per heavy atom. The van der Waals surface area contributed by atoms with Gasteiger partial charge in [0.25, 0.3) is 0 Å². The van der Waals surface area contributed by atoms with Crippen LogP contribution in [0.15, 0.2) is 40.9 Å². The van der Waals surface area contributed by atoms with E-state index in [0.29, 0.717) is 10.0 Å². The first-order valence-corrected chi connectivity index (χ1v) is 8.48. The van der Waals surface area contributed by atoms with Crippen molar-refractivity contribution in [1.82, 2.24) is 0 Å². The second kappa shape index (κ2) is 7.23. The van der Waals surface area contributed by atoms with Gasteiger partial charge in [-0.15, -0.1) is 0 Å². The van der Waals surface area contributed by atoms with E-state index >= 15 is 0 Å². The van der Waals surface area contributed by atoms with Gasteiger partial charge in [0.15, 0.2) is 0 Å². The number of anilines is 1. The molecule has 2 aromatic rings. The largest absolute Gasteiger partial charge is 0.489 e. The van der Waals surface area contributed by atoms with Crippen LogP contribution in [0.25, 0.3) is 0 Å². The van der Waals surface area contributed by atoms with Gasteiger partial charge in [0.2, 0.25) is 5.91 Å². The zero-order chi connectivity index (χ0) is 18.0. The van der Waals surface area contributed by atoms with E-state index in [1.54, 1.807) is 18.2 Å². The standard InChI is InChI=1S/C18H15BrFNO4/c19-12-4-3-11(15(20)7-12)9-25-13-5-6-16(14(8-13)18(23)24)21-17(22)10-1-2-10/h3-8,10H,1-2,9H2,(H,21,22)(H,23,24). The molecule has 0 saturated heterocycles. The number of benzene rings is 2. The highest BCUT2D eigenvalue weighted by Crippen LogP contribution is 2.31.